The molecule has 0 radical (unpaired) electrons. The number of amides is 1. The zero-order chi connectivity index (χ0) is 16.2. The Bertz CT molecular complexity index is 717. The lowest BCUT2D eigenvalue weighted by Crippen LogP contribution is -2.20. The summed E-state index contributed by atoms with van der Waals surface area (Å²) in [6.07, 6.45) is 2.74. The fourth-order valence-corrected chi connectivity index (χ4v) is 3.56. The second-order valence-corrected chi connectivity index (χ2v) is 6.93. The molecule has 23 heavy (non-hydrogen) atoms. The van der Waals surface area contributed by atoms with Crippen LogP contribution >= 0.6 is 23.4 Å². The third-order valence-corrected chi connectivity index (χ3v) is 5.15. The maximum absolute atomic E-state index is 12.5. The summed E-state index contributed by atoms with van der Waals surface area (Å²) in [6, 6.07) is 8.88. The number of benzene rings is 1. The van der Waals surface area contributed by atoms with Crippen LogP contribution in [-0.4, -0.2) is 28.5 Å². The Morgan fingerprint density at radius 3 is 3.04 bits per heavy atom. The van der Waals surface area contributed by atoms with Gasteiger partial charge in [-0.3, -0.25) is 4.79 Å². The van der Waals surface area contributed by atoms with Gasteiger partial charge in [0.1, 0.15) is 11.7 Å². The molecule has 0 aliphatic carbocycles. The first-order valence-electron chi connectivity index (χ1n) is 7.40. The van der Waals surface area contributed by atoms with Crippen molar-refractivity contribution in [1.29, 1.82) is 0 Å². The van der Waals surface area contributed by atoms with Gasteiger partial charge in [0.05, 0.1) is 0 Å². The number of ether oxygens (including phenoxy) is 1. The van der Waals surface area contributed by atoms with Crippen molar-refractivity contribution < 1.29 is 9.53 Å². The van der Waals surface area contributed by atoms with Crippen LogP contribution in [0.1, 0.15) is 22.3 Å². The molecule has 1 fully saturated rings. The van der Waals surface area contributed by atoms with Crippen LogP contribution in [0.15, 0.2) is 36.5 Å². The zero-order valence-corrected chi connectivity index (χ0v) is 14.3. The molecule has 1 saturated heterocycles. The van der Waals surface area contributed by atoms with Crippen molar-refractivity contribution >= 4 is 35.0 Å². The van der Waals surface area contributed by atoms with E-state index in [0.29, 0.717) is 22.2 Å². The number of nitrogens with one attached hydrogen (secondary N) is 1. The van der Waals surface area contributed by atoms with Crippen molar-refractivity contribution in [3.05, 3.63) is 52.7 Å². The van der Waals surface area contributed by atoms with Crippen LogP contribution in [0, 0.1) is 6.92 Å². The fourth-order valence-electron chi connectivity index (χ4n) is 2.29. The molecule has 1 unspecified atom stereocenters. The van der Waals surface area contributed by atoms with Crippen LogP contribution in [-0.2, 0) is 0 Å². The number of carbonyl (C=O) groups is 1. The average molecular weight is 349 g/mol. The second kappa shape index (κ2) is 7.23. The molecule has 120 valence electrons. The SMILES string of the molecule is Cc1ccc(NC(=O)c2cccnc2OC2CCSC2)cc1Cl. The van der Waals surface area contributed by atoms with E-state index >= 15 is 0 Å². The lowest BCUT2D eigenvalue weighted by atomic mass is 10.2. The van der Waals surface area contributed by atoms with Crippen LogP contribution in [0.2, 0.25) is 5.02 Å². The van der Waals surface area contributed by atoms with E-state index in [9.17, 15) is 4.79 Å². The lowest BCUT2D eigenvalue weighted by molar-refractivity contribution is 0.101. The Kier molecular flexibility index (Phi) is 5.08. The molecule has 1 atom stereocenters. The molecule has 1 amide bonds. The van der Waals surface area contributed by atoms with Crippen molar-refractivity contribution in [3.63, 3.8) is 0 Å². The van der Waals surface area contributed by atoms with Crippen LogP contribution < -0.4 is 10.1 Å². The van der Waals surface area contributed by atoms with E-state index in [1.807, 2.05) is 30.8 Å². The van der Waals surface area contributed by atoms with Gasteiger partial charge >= 0.3 is 0 Å². The van der Waals surface area contributed by atoms with Gasteiger partial charge < -0.3 is 10.1 Å². The predicted molar refractivity (Wildman–Crippen MR) is 94.7 cm³/mol. The highest BCUT2D eigenvalue weighted by molar-refractivity contribution is 7.99. The first kappa shape index (κ1) is 16.1. The molecule has 2 aromatic rings. The Hall–Kier alpha value is -1.72. The highest BCUT2D eigenvalue weighted by Crippen LogP contribution is 2.25. The third kappa shape index (κ3) is 3.98. The average Bonchev–Trinajstić information content (AvgIpc) is 3.04. The molecule has 0 bridgehead atoms. The van der Waals surface area contributed by atoms with Gasteiger partial charge in [-0.1, -0.05) is 17.7 Å². The summed E-state index contributed by atoms with van der Waals surface area (Å²) >= 11 is 7.95. The predicted octanol–water partition coefficient (Wildman–Crippen LogP) is 4.18. The van der Waals surface area contributed by atoms with Crippen molar-refractivity contribution in [2.45, 2.75) is 19.4 Å². The van der Waals surface area contributed by atoms with Crippen LogP contribution in [0.4, 0.5) is 5.69 Å². The van der Waals surface area contributed by atoms with Gasteiger partial charge in [-0.05, 0) is 48.9 Å². The molecule has 3 rings (SSSR count). The van der Waals surface area contributed by atoms with Gasteiger partial charge in [-0.25, -0.2) is 4.98 Å². The number of rotatable bonds is 4. The molecule has 2 heterocycles. The largest absolute Gasteiger partial charge is 0.473 e. The van der Waals surface area contributed by atoms with Gasteiger partial charge in [0.2, 0.25) is 5.88 Å². The molecule has 1 aliphatic heterocycles. The summed E-state index contributed by atoms with van der Waals surface area (Å²) in [5.41, 5.74) is 2.05. The van der Waals surface area contributed by atoms with Gasteiger partial charge in [0.15, 0.2) is 0 Å². The molecule has 1 N–H and O–H groups in total. The van der Waals surface area contributed by atoms with Crippen LogP contribution in [0.3, 0.4) is 0 Å². The summed E-state index contributed by atoms with van der Waals surface area (Å²) in [5, 5.41) is 3.46. The van der Waals surface area contributed by atoms with Gasteiger partial charge in [-0.2, -0.15) is 11.8 Å². The topological polar surface area (TPSA) is 51.2 Å². The van der Waals surface area contributed by atoms with Crippen molar-refractivity contribution in [2.24, 2.45) is 0 Å². The Morgan fingerprint density at radius 2 is 2.30 bits per heavy atom. The standard InChI is InChI=1S/C17H17ClN2O2S/c1-11-4-5-12(9-15(11)18)20-16(21)14-3-2-7-19-17(14)22-13-6-8-23-10-13/h2-5,7,9,13H,6,8,10H2,1H3,(H,20,21). The molecule has 0 spiro atoms. The molecule has 1 aliphatic rings. The molecular formula is C17H17ClN2O2S. The highest BCUT2D eigenvalue weighted by Gasteiger charge is 2.21. The summed E-state index contributed by atoms with van der Waals surface area (Å²) < 4.78 is 5.89. The zero-order valence-electron chi connectivity index (χ0n) is 12.7. The highest BCUT2D eigenvalue weighted by atomic mass is 35.5. The second-order valence-electron chi connectivity index (χ2n) is 5.38. The number of aryl methyl sites for hydroxylation is 1. The maximum atomic E-state index is 12.5. The minimum absolute atomic E-state index is 0.121. The number of pyridine rings is 1. The first-order valence-corrected chi connectivity index (χ1v) is 8.93. The number of hydrogen-bond acceptors (Lipinski definition) is 4. The van der Waals surface area contributed by atoms with E-state index in [1.54, 1.807) is 24.4 Å². The van der Waals surface area contributed by atoms with Gasteiger partial charge in [0, 0.05) is 22.7 Å². The van der Waals surface area contributed by atoms with E-state index in [2.05, 4.69) is 10.3 Å². The number of carbonyl (C=O) groups excluding carboxylic acids is 1. The summed E-state index contributed by atoms with van der Waals surface area (Å²) in [7, 11) is 0. The van der Waals surface area contributed by atoms with E-state index in [-0.39, 0.29) is 12.0 Å². The number of halogens is 1. The Morgan fingerprint density at radius 1 is 1.43 bits per heavy atom. The Labute approximate surface area is 144 Å². The van der Waals surface area contributed by atoms with Crippen LogP contribution in [0.25, 0.3) is 0 Å². The number of anilines is 1. The Balaban J connectivity index is 1.77. The summed E-state index contributed by atoms with van der Waals surface area (Å²) in [6.45, 7) is 1.92. The lowest BCUT2D eigenvalue weighted by Gasteiger charge is -2.14. The van der Waals surface area contributed by atoms with Crippen molar-refractivity contribution in [2.75, 3.05) is 16.8 Å². The van der Waals surface area contributed by atoms with E-state index in [4.69, 9.17) is 16.3 Å². The number of aromatic nitrogens is 1. The van der Waals surface area contributed by atoms with Crippen molar-refractivity contribution in [3.8, 4) is 5.88 Å². The molecule has 0 saturated carbocycles. The molecule has 1 aromatic carbocycles. The molecular weight excluding hydrogens is 332 g/mol. The summed E-state index contributed by atoms with van der Waals surface area (Å²) in [5.74, 6) is 2.15. The normalized spacial score (nSPS) is 17.0. The van der Waals surface area contributed by atoms with E-state index in [0.717, 1.165) is 23.5 Å². The molecule has 1 aromatic heterocycles. The van der Waals surface area contributed by atoms with Crippen molar-refractivity contribution in [1.82, 2.24) is 4.98 Å². The van der Waals surface area contributed by atoms with E-state index in [1.165, 1.54) is 0 Å². The quantitative estimate of drug-likeness (QED) is 0.900. The number of thioether (sulfide) groups is 1. The first-order chi connectivity index (χ1) is 11.1. The minimum atomic E-state index is -0.251. The van der Waals surface area contributed by atoms with E-state index < -0.39 is 0 Å². The smallest absolute Gasteiger partial charge is 0.261 e. The monoisotopic (exact) mass is 348 g/mol. The number of nitrogens with zero attached hydrogens (tertiary/aromatic N) is 1. The number of hydrogen-bond donors (Lipinski definition) is 1. The molecule has 4 nitrogen and oxygen atoms in total. The summed E-state index contributed by atoms with van der Waals surface area (Å²) in [4.78, 5) is 16.7. The van der Waals surface area contributed by atoms with Gasteiger partial charge in [-0.15, -0.1) is 0 Å². The minimum Gasteiger partial charge on any atom is -0.473 e. The molecule has 6 heteroatoms. The van der Waals surface area contributed by atoms with Crippen LogP contribution in [0.5, 0.6) is 5.88 Å². The maximum Gasteiger partial charge on any atom is 0.261 e. The third-order valence-electron chi connectivity index (χ3n) is 3.61. The van der Waals surface area contributed by atoms with Gasteiger partial charge in [0.25, 0.3) is 5.91 Å². The fraction of sp³-hybridized carbons (Fsp3) is 0.294.